The number of carbonyl (C=O) groups is 1. The Kier molecular flexibility index (Phi) is 2.49. The summed E-state index contributed by atoms with van der Waals surface area (Å²) in [6.07, 6.45) is 2.14. The number of nitrogens with two attached hydrogens (primary N) is 1. The van der Waals surface area contributed by atoms with Crippen LogP contribution in [0.4, 0.5) is 0 Å². The van der Waals surface area contributed by atoms with Gasteiger partial charge in [0.15, 0.2) is 0 Å². The van der Waals surface area contributed by atoms with Crippen LogP contribution in [0.15, 0.2) is 0 Å². The summed E-state index contributed by atoms with van der Waals surface area (Å²) in [5.41, 5.74) is 5.44. The molecule has 1 rings (SSSR count). The SMILES string of the molecule is CC(CN)N(C)C(=O)C1CC1. The molecule has 1 amide bonds. The molecule has 0 spiro atoms. The van der Waals surface area contributed by atoms with Crippen LogP contribution in [0.1, 0.15) is 19.8 Å². The van der Waals surface area contributed by atoms with E-state index in [1.807, 2.05) is 14.0 Å². The van der Waals surface area contributed by atoms with Gasteiger partial charge in [-0.15, -0.1) is 0 Å². The molecule has 3 nitrogen and oxygen atoms in total. The van der Waals surface area contributed by atoms with Crippen molar-refractivity contribution in [1.29, 1.82) is 0 Å². The zero-order valence-corrected chi connectivity index (χ0v) is 7.21. The summed E-state index contributed by atoms with van der Waals surface area (Å²) in [6, 6.07) is 0.183. The monoisotopic (exact) mass is 156 g/mol. The molecule has 0 aliphatic heterocycles. The van der Waals surface area contributed by atoms with Gasteiger partial charge < -0.3 is 10.6 Å². The summed E-state index contributed by atoms with van der Waals surface area (Å²) >= 11 is 0. The highest BCUT2D eigenvalue weighted by Crippen LogP contribution is 2.30. The summed E-state index contributed by atoms with van der Waals surface area (Å²) in [5.74, 6) is 0.581. The van der Waals surface area contributed by atoms with E-state index >= 15 is 0 Å². The van der Waals surface area contributed by atoms with E-state index in [2.05, 4.69) is 0 Å². The number of amides is 1. The van der Waals surface area contributed by atoms with Gasteiger partial charge in [-0.1, -0.05) is 0 Å². The molecule has 64 valence electrons. The zero-order valence-electron chi connectivity index (χ0n) is 7.21. The van der Waals surface area contributed by atoms with Gasteiger partial charge in [0.2, 0.25) is 5.91 Å². The van der Waals surface area contributed by atoms with Crippen LogP contribution < -0.4 is 5.73 Å². The van der Waals surface area contributed by atoms with E-state index in [1.54, 1.807) is 4.90 Å². The van der Waals surface area contributed by atoms with Crippen LogP contribution in [-0.4, -0.2) is 30.4 Å². The van der Waals surface area contributed by atoms with Crippen LogP contribution in [-0.2, 0) is 4.79 Å². The van der Waals surface area contributed by atoms with Crippen molar-refractivity contribution < 1.29 is 4.79 Å². The fourth-order valence-electron chi connectivity index (χ4n) is 0.994. The lowest BCUT2D eigenvalue weighted by Gasteiger charge is -2.23. The number of hydrogen-bond acceptors (Lipinski definition) is 2. The molecule has 0 aromatic rings. The second-order valence-electron chi connectivity index (χ2n) is 3.31. The summed E-state index contributed by atoms with van der Waals surface area (Å²) in [5, 5.41) is 0. The average Bonchev–Trinajstić information content (AvgIpc) is 2.82. The summed E-state index contributed by atoms with van der Waals surface area (Å²) in [7, 11) is 1.83. The van der Waals surface area contributed by atoms with Gasteiger partial charge in [-0.05, 0) is 19.8 Å². The first kappa shape index (κ1) is 8.53. The number of likely N-dealkylation sites (N-methyl/N-ethyl adjacent to an activating group) is 1. The van der Waals surface area contributed by atoms with Crippen molar-refractivity contribution in [3.8, 4) is 0 Å². The van der Waals surface area contributed by atoms with E-state index in [9.17, 15) is 4.79 Å². The molecule has 1 fully saturated rings. The summed E-state index contributed by atoms with van der Waals surface area (Å²) in [4.78, 5) is 13.1. The molecule has 1 aliphatic carbocycles. The summed E-state index contributed by atoms with van der Waals surface area (Å²) < 4.78 is 0. The standard InChI is InChI=1S/C8H16N2O/c1-6(5-9)10(2)8(11)7-3-4-7/h6-7H,3-5,9H2,1-2H3. The van der Waals surface area contributed by atoms with Crippen molar-refractivity contribution in [2.75, 3.05) is 13.6 Å². The second kappa shape index (κ2) is 3.22. The largest absolute Gasteiger partial charge is 0.342 e. The molecule has 0 aromatic carbocycles. The molecule has 2 N–H and O–H groups in total. The van der Waals surface area contributed by atoms with E-state index in [1.165, 1.54) is 0 Å². The molecule has 0 aromatic heterocycles. The predicted octanol–water partition coefficient (Wildman–Crippen LogP) is 0.202. The smallest absolute Gasteiger partial charge is 0.225 e. The molecule has 0 bridgehead atoms. The van der Waals surface area contributed by atoms with Crippen molar-refractivity contribution >= 4 is 5.91 Å². The van der Waals surface area contributed by atoms with E-state index in [0.29, 0.717) is 12.5 Å². The fraction of sp³-hybridized carbons (Fsp3) is 0.875. The Morgan fingerprint density at radius 2 is 2.27 bits per heavy atom. The molecule has 0 saturated heterocycles. The lowest BCUT2D eigenvalue weighted by atomic mass is 10.2. The normalized spacial score (nSPS) is 19.5. The zero-order chi connectivity index (χ0) is 8.43. The lowest BCUT2D eigenvalue weighted by molar-refractivity contribution is -0.132. The molecule has 3 heteroatoms. The van der Waals surface area contributed by atoms with E-state index in [4.69, 9.17) is 5.73 Å². The highest BCUT2D eigenvalue weighted by Gasteiger charge is 2.33. The Labute approximate surface area is 67.5 Å². The summed E-state index contributed by atoms with van der Waals surface area (Å²) in [6.45, 7) is 2.52. The number of nitrogens with zero attached hydrogens (tertiary/aromatic N) is 1. The minimum atomic E-state index is 0.183. The molecule has 1 saturated carbocycles. The Morgan fingerprint density at radius 1 is 1.73 bits per heavy atom. The second-order valence-corrected chi connectivity index (χ2v) is 3.31. The Bertz CT molecular complexity index is 154. The van der Waals surface area contributed by atoms with Gasteiger partial charge in [0, 0.05) is 25.6 Å². The fourth-order valence-corrected chi connectivity index (χ4v) is 0.994. The Morgan fingerprint density at radius 3 is 2.64 bits per heavy atom. The van der Waals surface area contributed by atoms with Gasteiger partial charge in [-0.25, -0.2) is 0 Å². The highest BCUT2D eigenvalue weighted by atomic mass is 16.2. The molecule has 11 heavy (non-hydrogen) atoms. The number of carbonyl (C=O) groups excluding carboxylic acids is 1. The molecule has 0 radical (unpaired) electrons. The van der Waals surface area contributed by atoms with Gasteiger partial charge in [0.05, 0.1) is 0 Å². The van der Waals surface area contributed by atoms with Crippen LogP contribution in [0, 0.1) is 5.92 Å². The lowest BCUT2D eigenvalue weighted by Crippen LogP contribution is -2.40. The predicted molar refractivity (Wildman–Crippen MR) is 44.0 cm³/mol. The van der Waals surface area contributed by atoms with E-state index < -0.39 is 0 Å². The minimum absolute atomic E-state index is 0.183. The number of hydrogen-bond donors (Lipinski definition) is 1. The van der Waals surface area contributed by atoms with Crippen molar-refractivity contribution in [1.82, 2.24) is 4.90 Å². The first-order chi connectivity index (χ1) is 5.16. The van der Waals surface area contributed by atoms with Gasteiger partial charge >= 0.3 is 0 Å². The highest BCUT2D eigenvalue weighted by molar-refractivity contribution is 5.81. The van der Waals surface area contributed by atoms with Gasteiger partial charge in [-0.2, -0.15) is 0 Å². The van der Waals surface area contributed by atoms with Crippen LogP contribution in [0.5, 0.6) is 0 Å². The topological polar surface area (TPSA) is 46.3 Å². The molecule has 1 atom stereocenters. The van der Waals surface area contributed by atoms with E-state index in [-0.39, 0.29) is 11.9 Å². The minimum Gasteiger partial charge on any atom is -0.342 e. The van der Waals surface area contributed by atoms with Crippen molar-refractivity contribution in [2.24, 2.45) is 11.7 Å². The Balaban J connectivity index is 2.38. The van der Waals surface area contributed by atoms with Gasteiger partial charge in [-0.3, -0.25) is 4.79 Å². The third-order valence-electron chi connectivity index (χ3n) is 2.28. The Hall–Kier alpha value is -0.570. The maximum Gasteiger partial charge on any atom is 0.225 e. The molecular formula is C8H16N2O. The molecule has 1 unspecified atom stereocenters. The number of rotatable bonds is 3. The van der Waals surface area contributed by atoms with Crippen LogP contribution in [0.3, 0.4) is 0 Å². The van der Waals surface area contributed by atoms with Crippen molar-refractivity contribution in [3.63, 3.8) is 0 Å². The third-order valence-corrected chi connectivity index (χ3v) is 2.28. The quantitative estimate of drug-likeness (QED) is 0.634. The first-order valence-corrected chi connectivity index (χ1v) is 4.13. The van der Waals surface area contributed by atoms with Gasteiger partial charge in [0.25, 0.3) is 0 Å². The molecule has 0 heterocycles. The van der Waals surface area contributed by atoms with Crippen molar-refractivity contribution in [3.05, 3.63) is 0 Å². The van der Waals surface area contributed by atoms with Crippen LogP contribution >= 0.6 is 0 Å². The maximum atomic E-state index is 11.4. The average molecular weight is 156 g/mol. The third kappa shape index (κ3) is 1.93. The van der Waals surface area contributed by atoms with Gasteiger partial charge in [0.1, 0.15) is 0 Å². The van der Waals surface area contributed by atoms with Crippen LogP contribution in [0.2, 0.25) is 0 Å². The molecule has 1 aliphatic rings. The van der Waals surface area contributed by atoms with Crippen molar-refractivity contribution in [2.45, 2.75) is 25.8 Å². The van der Waals surface area contributed by atoms with Crippen LogP contribution in [0.25, 0.3) is 0 Å². The maximum absolute atomic E-state index is 11.4. The first-order valence-electron chi connectivity index (χ1n) is 4.13. The molecular weight excluding hydrogens is 140 g/mol. The van der Waals surface area contributed by atoms with E-state index in [0.717, 1.165) is 12.8 Å².